The molecule has 3 aromatic rings. The van der Waals surface area contributed by atoms with Crippen LogP contribution in [0.5, 0.6) is 17.2 Å². The predicted octanol–water partition coefficient (Wildman–Crippen LogP) is 5.82. The second kappa shape index (κ2) is 8.21. The van der Waals surface area contributed by atoms with Crippen molar-refractivity contribution in [2.75, 3.05) is 6.79 Å². The van der Waals surface area contributed by atoms with E-state index in [1.807, 2.05) is 43.3 Å². The maximum atomic E-state index is 12.7. The van der Waals surface area contributed by atoms with Crippen molar-refractivity contribution < 1.29 is 23.7 Å². The number of allylic oxidation sites excluding steroid dienone is 1. The summed E-state index contributed by atoms with van der Waals surface area (Å²) >= 11 is 3.52. The molecule has 31 heavy (non-hydrogen) atoms. The van der Waals surface area contributed by atoms with E-state index >= 15 is 0 Å². The highest BCUT2D eigenvalue weighted by Gasteiger charge is 2.28. The molecule has 0 spiro atoms. The van der Waals surface area contributed by atoms with Crippen molar-refractivity contribution in [1.82, 2.24) is 0 Å². The molecule has 0 aromatic heterocycles. The fourth-order valence-electron chi connectivity index (χ4n) is 3.60. The van der Waals surface area contributed by atoms with E-state index in [0.29, 0.717) is 36.0 Å². The van der Waals surface area contributed by atoms with Crippen molar-refractivity contribution in [1.29, 1.82) is 0 Å². The highest BCUT2D eigenvalue weighted by molar-refractivity contribution is 9.10. The lowest BCUT2D eigenvalue weighted by Gasteiger charge is -2.21. The number of ketones is 1. The molecule has 0 fully saturated rings. The van der Waals surface area contributed by atoms with Gasteiger partial charge in [-0.05, 0) is 42.8 Å². The van der Waals surface area contributed by atoms with Gasteiger partial charge in [0.2, 0.25) is 5.78 Å². The van der Waals surface area contributed by atoms with Gasteiger partial charge in [0.15, 0.2) is 12.6 Å². The Balaban J connectivity index is 1.34. The lowest BCUT2D eigenvalue weighted by Crippen LogP contribution is -2.14. The average molecular weight is 479 g/mol. The lowest BCUT2D eigenvalue weighted by molar-refractivity contribution is -0.0176. The van der Waals surface area contributed by atoms with Gasteiger partial charge < -0.3 is 18.9 Å². The fraction of sp³-hybridized carbons (Fsp3) is 0.160. The first-order valence-electron chi connectivity index (χ1n) is 9.86. The normalized spacial score (nSPS) is 15.8. The first-order chi connectivity index (χ1) is 15.1. The second-order valence-corrected chi connectivity index (χ2v) is 8.38. The fourth-order valence-corrected chi connectivity index (χ4v) is 4.15. The molecule has 3 aromatic carbocycles. The average Bonchev–Trinajstić information content (AvgIpc) is 3.08. The summed E-state index contributed by atoms with van der Waals surface area (Å²) in [6, 6.07) is 17.1. The van der Waals surface area contributed by atoms with Gasteiger partial charge in [-0.1, -0.05) is 45.8 Å². The Morgan fingerprint density at radius 1 is 1.10 bits per heavy atom. The minimum absolute atomic E-state index is 0.128. The van der Waals surface area contributed by atoms with Gasteiger partial charge in [-0.2, -0.15) is 0 Å². The molecule has 0 atom stereocenters. The van der Waals surface area contributed by atoms with Crippen molar-refractivity contribution in [3.8, 4) is 17.2 Å². The van der Waals surface area contributed by atoms with Gasteiger partial charge in [-0.15, -0.1) is 0 Å². The van der Waals surface area contributed by atoms with E-state index in [4.69, 9.17) is 18.9 Å². The van der Waals surface area contributed by atoms with Crippen LogP contribution in [0.25, 0.3) is 6.08 Å². The maximum Gasteiger partial charge on any atom is 0.231 e. The molecular weight excluding hydrogens is 460 g/mol. The molecule has 0 aliphatic carbocycles. The molecule has 2 aliphatic heterocycles. The Morgan fingerprint density at radius 3 is 2.77 bits per heavy atom. The van der Waals surface area contributed by atoms with Crippen LogP contribution < -0.4 is 14.2 Å². The van der Waals surface area contributed by atoms with Gasteiger partial charge in [0.1, 0.15) is 23.9 Å². The standard InChI is InChI=1S/C25H19BrO5/c1-15-2-4-16(5-3-15)8-23-24(27)21-7-6-20(11-22(21)31-23)29-13-18-10-19(26)9-17-12-28-14-30-25(17)18/h2-11H,12-14H2,1H3/b23-8-. The minimum Gasteiger partial charge on any atom is -0.489 e. The molecule has 5 nitrogen and oxygen atoms in total. The summed E-state index contributed by atoms with van der Waals surface area (Å²) in [7, 11) is 0. The van der Waals surface area contributed by atoms with Crippen molar-refractivity contribution in [2.45, 2.75) is 20.1 Å². The van der Waals surface area contributed by atoms with Crippen LogP contribution in [0.3, 0.4) is 0 Å². The summed E-state index contributed by atoms with van der Waals surface area (Å²) in [5.41, 5.74) is 4.52. The number of rotatable bonds is 4. The summed E-state index contributed by atoms with van der Waals surface area (Å²) in [6.07, 6.45) is 1.76. The lowest BCUT2D eigenvalue weighted by atomic mass is 10.1. The van der Waals surface area contributed by atoms with Crippen LogP contribution in [0.15, 0.2) is 64.8 Å². The number of benzene rings is 3. The van der Waals surface area contributed by atoms with Gasteiger partial charge in [-0.3, -0.25) is 4.79 Å². The molecule has 0 bridgehead atoms. The van der Waals surface area contributed by atoms with Crippen LogP contribution >= 0.6 is 15.9 Å². The van der Waals surface area contributed by atoms with Crippen LogP contribution in [0.2, 0.25) is 0 Å². The van der Waals surface area contributed by atoms with Gasteiger partial charge in [0.25, 0.3) is 0 Å². The van der Waals surface area contributed by atoms with Gasteiger partial charge >= 0.3 is 0 Å². The van der Waals surface area contributed by atoms with Crippen LogP contribution in [0.4, 0.5) is 0 Å². The third kappa shape index (κ3) is 4.09. The molecule has 2 aliphatic rings. The summed E-state index contributed by atoms with van der Waals surface area (Å²) < 4.78 is 23.8. The van der Waals surface area contributed by atoms with E-state index < -0.39 is 0 Å². The molecule has 0 amide bonds. The smallest absolute Gasteiger partial charge is 0.231 e. The van der Waals surface area contributed by atoms with E-state index in [1.165, 1.54) is 0 Å². The monoisotopic (exact) mass is 478 g/mol. The van der Waals surface area contributed by atoms with Gasteiger partial charge in [0, 0.05) is 21.7 Å². The Hall–Kier alpha value is -3.09. The third-order valence-electron chi connectivity index (χ3n) is 5.16. The van der Waals surface area contributed by atoms with Crippen molar-refractivity contribution in [3.05, 3.63) is 92.6 Å². The minimum atomic E-state index is -0.128. The number of halogens is 1. The van der Waals surface area contributed by atoms with Crippen molar-refractivity contribution in [2.24, 2.45) is 0 Å². The number of fused-ring (bicyclic) bond motifs is 2. The van der Waals surface area contributed by atoms with E-state index in [9.17, 15) is 4.79 Å². The number of hydrogen-bond donors (Lipinski definition) is 0. The predicted molar refractivity (Wildman–Crippen MR) is 119 cm³/mol. The Labute approximate surface area is 188 Å². The number of Topliss-reactive ketones (excluding diaryl/α,β-unsaturated/α-hetero) is 1. The van der Waals surface area contributed by atoms with Gasteiger partial charge in [-0.25, -0.2) is 0 Å². The summed E-state index contributed by atoms with van der Waals surface area (Å²) in [6.45, 7) is 3.08. The molecule has 0 saturated carbocycles. The molecule has 6 heteroatoms. The van der Waals surface area contributed by atoms with E-state index in [-0.39, 0.29) is 12.6 Å². The molecule has 0 N–H and O–H groups in total. The molecule has 0 unspecified atom stereocenters. The van der Waals surface area contributed by atoms with Crippen molar-refractivity contribution in [3.63, 3.8) is 0 Å². The van der Waals surface area contributed by atoms with Crippen LogP contribution in [-0.2, 0) is 18.0 Å². The Bertz CT molecular complexity index is 1200. The molecule has 156 valence electrons. The Kier molecular flexibility index (Phi) is 5.26. The van der Waals surface area contributed by atoms with E-state index in [2.05, 4.69) is 15.9 Å². The zero-order chi connectivity index (χ0) is 21.4. The number of carbonyl (C=O) groups excluding carboxylic acids is 1. The molecule has 0 radical (unpaired) electrons. The number of ether oxygens (including phenoxy) is 4. The first-order valence-corrected chi connectivity index (χ1v) is 10.7. The molecule has 0 saturated heterocycles. The summed E-state index contributed by atoms with van der Waals surface area (Å²) in [5.74, 6) is 2.10. The second-order valence-electron chi connectivity index (χ2n) is 7.46. The zero-order valence-electron chi connectivity index (χ0n) is 16.8. The van der Waals surface area contributed by atoms with Crippen LogP contribution in [0, 0.1) is 6.92 Å². The summed E-state index contributed by atoms with van der Waals surface area (Å²) in [4.78, 5) is 12.7. The molecule has 2 heterocycles. The highest BCUT2D eigenvalue weighted by atomic mass is 79.9. The highest BCUT2D eigenvalue weighted by Crippen LogP contribution is 2.36. The Morgan fingerprint density at radius 2 is 1.94 bits per heavy atom. The maximum absolute atomic E-state index is 12.7. The summed E-state index contributed by atoms with van der Waals surface area (Å²) in [5, 5.41) is 0. The van der Waals surface area contributed by atoms with Gasteiger partial charge in [0.05, 0.1) is 12.2 Å². The zero-order valence-corrected chi connectivity index (χ0v) is 18.4. The SMILES string of the molecule is Cc1ccc(/C=C2\Oc3cc(OCc4cc(Br)cc5c4OCOC5)ccc3C2=O)cc1. The quantitative estimate of drug-likeness (QED) is 0.442. The van der Waals surface area contributed by atoms with E-state index in [1.54, 1.807) is 24.3 Å². The number of aryl methyl sites for hydroxylation is 1. The largest absolute Gasteiger partial charge is 0.489 e. The molecule has 5 rings (SSSR count). The first kappa shape index (κ1) is 19.8. The number of carbonyl (C=O) groups is 1. The topological polar surface area (TPSA) is 54.0 Å². The van der Waals surface area contributed by atoms with Crippen molar-refractivity contribution >= 4 is 27.8 Å². The number of hydrogen-bond acceptors (Lipinski definition) is 5. The van der Waals surface area contributed by atoms with E-state index in [0.717, 1.165) is 32.5 Å². The molecular formula is C25H19BrO5. The third-order valence-corrected chi connectivity index (χ3v) is 5.62. The van der Waals surface area contributed by atoms with Crippen LogP contribution in [0.1, 0.15) is 32.6 Å². The van der Waals surface area contributed by atoms with Crippen LogP contribution in [-0.4, -0.2) is 12.6 Å².